The van der Waals surface area contributed by atoms with Crippen molar-refractivity contribution >= 4 is 40.8 Å². The second-order valence-corrected chi connectivity index (χ2v) is 9.68. The van der Waals surface area contributed by atoms with Gasteiger partial charge in [0.05, 0.1) is 42.6 Å². The Morgan fingerprint density at radius 2 is 1.97 bits per heavy atom. The van der Waals surface area contributed by atoms with E-state index in [1.54, 1.807) is 37.5 Å². The fraction of sp³-hybridized carbons (Fsp3) is 0.222. The van der Waals surface area contributed by atoms with Crippen molar-refractivity contribution in [2.45, 2.75) is 20.4 Å². The summed E-state index contributed by atoms with van der Waals surface area (Å²) >= 11 is 1.17. The molecule has 2 aromatic carbocycles. The van der Waals surface area contributed by atoms with Gasteiger partial charge in [0, 0.05) is 17.7 Å². The molecule has 1 saturated heterocycles. The Bertz CT molecular complexity index is 1400. The number of hydrogen-bond acceptors (Lipinski definition) is 9. The number of rotatable bonds is 10. The van der Waals surface area contributed by atoms with Crippen molar-refractivity contribution in [3.8, 4) is 11.5 Å². The van der Waals surface area contributed by atoms with E-state index in [0.717, 1.165) is 5.56 Å². The number of carbonyl (C=O) groups is 1. The van der Waals surface area contributed by atoms with Crippen LogP contribution in [-0.2, 0) is 11.3 Å². The number of nitro benzene ring substituents is 1. The molecule has 0 spiro atoms. The fourth-order valence-electron chi connectivity index (χ4n) is 3.45. The van der Waals surface area contributed by atoms with Gasteiger partial charge in [0.15, 0.2) is 16.7 Å². The summed E-state index contributed by atoms with van der Waals surface area (Å²) in [6.07, 6.45) is 4.69. The van der Waals surface area contributed by atoms with E-state index in [2.05, 4.69) is 24.1 Å². The number of carbonyl (C=O) groups excluding carboxylic acids is 1. The first-order chi connectivity index (χ1) is 18.3. The molecule has 11 heteroatoms. The summed E-state index contributed by atoms with van der Waals surface area (Å²) in [7, 11) is 1.57. The zero-order valence-electron chi connectivity index (χ0n) is 21.1. The van der Waals surface area contributed by atoms with Crippen LogP contribution in [0.3, 0.4) is 0 Å². The van der Waals surface area contributed by atoms with Crippen molar-refractivity contribution in [2.75, 3.05) is 13.7 Å². The van der Waals surface area contributed by atoms with E-state index in [1.165, 1.54) is 41.3 Å². The first-order valence-electron chi connectivity index (χ1n) is 11.7. The lowest BCUT2D eigenvalue weighted by Gasteiger charge is -2.13. The number of methoxy groups -OCH3 is 1. The van der Waals surface area contributed by atoms with Crippen molar-refractivity contribution < 1.29 is 23.6 Å². The van der Waals surface area contributed by atoms with Crippen LogP contribution in [0.2, 0.25) is 0 Å². The van der Waals surface area contributed by atoms with Crippen molar-refractivity contribution in [3.05, 3.63) is 92.8 Å². The number of furan rings is 1. The average molecular weight is 535 g/mol. The van der Waals surface area contributed by atoms with Gasteiger partial charge in [-0.25, -0.2) is 0 Å². The quantitative estimate of drug-likeness (QED) is 0.141. The molecule has 0 saturated carbocycles. The van der Waals surface area contributed by atoms with Crippen LogP contribution in [0.25, 0.3) is 6.08 Å². The minimum Gasteiger partial charge on any atom is -0.493 e. The molecule has 10 nitrogen and oxygen atoms in total. The molecule has 0 aliphatic carbocycles. The molecule has 0 unspecified atom stereocenters. The zero-order valence-corrected chi connectivity index (χ0v) is 21.9. The van der Waals surface area contributed by atoms with Crippen LogP contribution in [0, 0.1) is 16.0 Å². The Morgan fingerprint density at radius 3 is 2.68 bits per heavy atom. The van der Waals surface area contributed by atoms with Crippen molar-refractivity contribution in [2.24, 2.45) is 16.1 Å². The molecule has 0 N–H and O–H groups in total. The fourth-order valence-corrected chi connectivity index (χ4v) is 4.38. The van der Waals surface area contributed by atoms with Crippen LogP contribution in [0.4, 0.5) is 5.69 Å². The lowest BCUT2D eigenvalue weighted by molar-refractivity contribution is -0.384. The number of benzene rings is 2. The minimum absolute atomic E-state index is 0.0484. The normalized spacial score (nSPS) is 15.8. The molecule has 2 heterocycles. The van der Waals surface area contributed by atoms with E-state index >= 15 is 0 Å². The lowest BCUT2D eigenvalue weighted by atomic mass is 10.1. The van der Waals surface area contributed by atoms with Crippen LogP contribution < -0.4 is 9.47 Å². The number of ether oxygens (including phenoxy) is 2. The SMILES string of the molecule is COc1cc(/C=C2\S/C(=N/N=C\c3cccc([N+](=O)[O-])c3)N(Cc3ccco3)C2=O)ccc1OCC(C)C. The van der Waals surface area contributed by atoms with Crippen LogP contribution >= 0.6 is 11.8 Å². The summed E-state index contributed by atoms with van der Waals surface area (Å²) in [6, 6.07) is 15.0. The van der Waals surface area contributed by atoms with E-state index in [9.17, 15) is 14.9 Å². The zero-order chi connectivity index (χ0) is 27.1. The number of nitrogens with zero attached hydrogens (tertiary/aromatic N) is 4. The summed E-state index contributed by atoms with van der Waals surface area (Å²) in [6.45, 7) is 4.86. The molecule has 1 amide bonds. The first kappa shape index (κ1) is 26.7. The third kappa shape index (κ3) is 6.68. The van der Waals surface area contributed by atoms with Gasteiger partial charge >= 0.3 is 0 Å². The highest BCUT2D eigenvalue weighted by Crippen LogP contribution is 2.35. The molecule has 196 valence electrons. The standard InChI is InChI=1S/C27H26N4O6S/c1-18(2)17-37-23-10-9-19(13-24(23)35-3)14-25-26(32)30(16-22-8-5-11-36-22)27(38-25)29-28-15-20-6-4-7-21(12-20)31(33)34/h4-15,18H,16-17H2,1-3H3/b25-14-,28-15-,29-27+. The van der Waals surface area contributed by atoms with Gasteiger partial charge in [0.1, 0.15) is 5.76 Å². The second kappa shape index (κ2) is 12.2. The molecule has 0 atom stereocenters. The summed E-state index contributed by atoms with van der Waals surface area (Å²) in [5.41, 5.74) is 1.22. The highest BCUT2D eigenvalue weighted by atomic mass is 32.2. The molecule has 1 aliphatic rings. The first-order valence-corrected chi connectivity index (χ1v) is 12.6. The number of non-ortho nitro benzene ring substituents is 1. The van der Waals surface area contributed by atoms with Crippen molar-refractivity contribution in [1.29, 1.82) is 0 Å². The van der Waals surface area contributed by atoms with Gasteiger partial charge in [-0.3, -0.25) is 19.8 Å². The number of hydrogen-bond donors (Lipinski definition) is 0. The highest BCUT2D eigenvalue weighted by Gasteiger charge is 2.34. The molecule has 1 aromatic heterocycles. The molecule has 0 radical (unpaired) electrons. The van der Waals surface area contributed by atoms with E-state index in [-0.39, 0.29) is 18.1 Å². The number of amides is 1. The maximum atomic E-state index is 13.3. The number of thioether (sulfide) groups is 1. The van der Waals surface area contributed by atoms with Gasteiger partial charge in [-0.1, -0.05) is 32.0 Å². The molecule has 3 aromatic rings. The van der Waals surface area contributed by atoms with E-state index in [4.69, 9.17) is 13.9 Å². The molecule has 1 aliphatic heterocycles. The Hall–Kier alpha value is -4.38. The molecule has 0 bridgehead atoms. The predicted octanol–water partition coefficient (Wildman–Crippen LogP) is 5.74. The molecular weight excluding hydrogens is 508 g/mol. The summed E-state index contributed by atoms with van der Waals surface area (Å²) in [5.74, 6) is 1.90. The Morgan fingerprint density at radius 1 is 1.13 bits per heavy atom. The summed E-state index contributed by atoms with van der Waals surface area (Å²) in [4.78, 5) is 25.8. The predicted molar refractivity (Wildman–Crippen MR) is 146 cm³/mol. The van der Waals surface area contributed by atoms with Gasteiger partial charge in [0.2, 0.25) is 0 Å². The van der Waals surface area contributed by atoms with Crippen molar-refractivity contribution in [1.82, 2.24) is 4.90 Å². The van der Waals surface area contributed by atoms with E-state index in [1.807, 2.05) is 18.2 Å². The largest absolute Gasteiger partial charge is 0.493 e. The Labute approximate surface area is 223 Å². The van der Waals surface area contributed by atoms with Gasteiger partial charge in [-0.2, -0.15) is 5.10 Å². The van der Waals surface area contributed by atoms with Gasteiger partial charge < -0.3 is 13.9 Å². The summed E-state index contributed by atoms with van der Waals surface area (Å²) in [5, 5.41) is 19.7. The van der Waals surface area contributed by atoms with E-state index < -0.39 is 4.92 Å². The molecular formula is C27H26N4O6S. The maximum Gasteiger partial charge on any atom is 0.270 e. The Balaban J connectivity index is 1.60. The van der Waals surface area contributed by atoms with Crippen LogP contribution in [0.5, 0.6) is 11.5 Å². The van der Waals surface area contributed by atoms with Gasteiger partial charge in [0.25, 0.3) is 11.6 Å². The van der Waals surface area contributed by atoms with Gasteiger partial charge in [-0.05, 0) is 53.6 Å². The van der Waals surface area contributed by atoms with Crippen LogP contribution in [-0.4, -0.2) is 40.8 Å². The molecule has 4 rings (SSSR count). The second-order valence-electron chi connectivity index (χ2n) is 8.68. The number of nitro groups is 1. The smallest absolute Gasteiger partial charge is 0.270 e. The number of amidine groups is 1. The highest BCUT2D eigenvalue weighted by molar-refractivity contribution is 8.18. The maximum absolute atomic E-state index is 13.3. The lowest BCUT2D eigenvalue weighted by Crippen LogP contribution is -2.28. The average Bonchev–Trinajstić information content (AvgIpc) is 3.52. The topological polar surface area (TPSA) is 120 Å². The third-order valence-electron chi connectivity index (χ3n) is 5.27. The Kier molecular flexibility index (Phi) is 8.59. The minimum atomic E-state index is -0.477. The van der Waals surface area contributed by atoms with Crippen LogP contribution in [0.1, 0.15) is 30.7 Å². The van der Waals surface area contributed by atoms with Crippen LogP contribution in [0.15, 0.2) is 80.4 Å². The van der Waals surface area contributed by atoms with Gasteiger partial charge in [-0.15, -0.1) is 5.10 Å². The molecule has 38 heavy (non-hydrogen) atoms. The monoisotopic (exact) mass is 534 g/mol. The molecule has 1 fully saturated rings. The van der Waals surface area contributed by atoms with E-state index in [0.29, 0.717) is 45.4 Å². The summed E-state index contributed by atoms with van der Waals surface area (Å²) < 4.78 is 16.7. The van der Waals surface area contributed by atoms with Crippen molar-refractivity contribution in [3.63, 3.8) is 0 Å². The third-order valence-corrected chi connectivity index (χ3v) is 6.27.